The zero-order valence-electron chi connectivity index (χ0n) is 20.7. The molecule has 180 valence electrons. The Balaban J connectivity index is 1.54. The van der Waals surface area contributed by atoms with Crippen molar-refractivity contribution < 1.29 is 20.1 Å². The van der Waals surface area contributed by atoms with Gasteiger partial charge in [-0.3, -0.25) is 4.79 Å². The number of hydrogen-bond donors (Lipinski definition) is 3. The van der Waals surface area contributed by atoms with Gasteiger partial charge < -0.3 is 15.3 Å². The number of rotatable bonds is 1. The number of aliphatic carboxylic acids is 1. The SMILES string of the molecule is C[C@@H]1CC[C@]2(C(=O)O)CC[C@@H]3C(=CC[C@H]4[C@H]3CC[C@H]3C(C)(C)[C@@H](O)CC[C@]43C)[C@@H]2[C@]1(C)O. The molecular weight excluding hydrogens is 400 g/mol. The molecule has 3 N–H and O–H groups in total. The molecule has 32 heavy (non-hydrogen) atoms. The zero-order chi connectivity index (χ0) is 23.3. The summed E-state index contributed by atoms with van der Waals surface area (Å²) in [4.78, 5) is 12.6. The maximum Gasteiger partial charge on any atom is 0.310 e. The van der Waals surface area contributed by atoms with E-state index < -0.39 is 17.0 Å². The summed E-state index contributed by atoms with van der Waals surface area (Å²) in [6, 6.07) is 0. The zero-order valence-corrected chi connectivity index (χ0v) is 20.7. The van der Waals surface area contributed by atoms with Crippen molar-refractivity contribution in [2.45, 2.75) is 104 Å². The van der Waals surface area contributed by atoms with Gasteiger partial charge in [-0.2, -0.15) is 0 Å². The molecule has 0 radical (unpaired) electrons. The van der Waals surface area contributed by atoms with E-state index in [1.165, 1.54) is 12.0 Å². The van der Waals surface area contributed by atoms with Crippen LogP contribution in [0.1, 0.15) is 92.4 Å². The number of aliphatic hydroxyl groups excluding tert-OH is 1. The van der Waals surface area contributed by atoms with Gasteiger partial charge in [0.2, 0.25) is 0 Å². The minimum absolute atomic E-state index is 0.0462. The predicted molar refractivity (Wildman–Crippen MR) is 125 cm³/mol. The Morgan fingerprint density at radius 2 is 1.69 bits per heavy atom. The summed E-state index contributed by atoms with van der Waals surface area (Å²) in [6.07, 6.45) is 10.6. The van der Waals surface area contributed by atoms with Gasteiger partial charge in [-0.15, -0.1) is 0 Å². The van der Waals surface area contributed by atoms with Crippen molar-refractivity contribution in [1.82, 2.24) is 0 Å². The monoisotopic (exact) mass is 444 g/mol. The Hall–Kier alpha value is -0.870. The van der Waals surface area contributed by atoms with Crippen molar-refractivity contribution in [3.63, 3.8) is 0 Å². The van der Waals surface area contributed by atoms with Crippen LogP contribution in [0.25, 0.3) is 0 Å². The van der Waals surface area contributed by atoms with E-state index in [1.54, 1.807) is 0 Å². The largest absolute Gasteiger partial charge is 0.481 e. The molecule has 5 aliphatic rings. The highest BCUT2D eigenvalue weighted by Crippen LogP contribution is 2.68. The van der Waals surface area contributed by atoms with E-state index >= 15 is 0 Å². The van der Waals surface area contributed by atoms with Crippen LogP contribution >= 0.6 is 0 Å². The van der Waals surface area contributed by atoms with Crippen molar-refractivity contribution in [2.75, 3.05) is 0 Å². The molecule has 0 amide bonds. The normalized spacial score (nSPS) is 54.3. The Morgan fingerprint density at radius 3 is 2.38 bits per heavy atom. The van der Waals surface area contributed by atoms with Crippen LogP contribution < -0.4 is 0 Å². The van der Waals surface area contributed by atoms with Crippen molar-refractivity contribution >= 4 is 5.97 Å². The standard InChI is InChI=1S/C28H44O4/c1-16-10-14-28(24(30)31)15-11-17-18-7-9-21-25(2,3)22(29)12-13-26(21,4)20(18)8-6-19(17)23(28)27(16,5)32/h6,16-18,20-23,29,32H,7-15H2,1-5H3,(H,30,31)/t16-,17+,18+,20+,21+,22+,23-,26-,27-,28+/m1/s1. The van der Waals surface area contributed by atoms with Crippen molar-refractivity contribution in [3.8, 4) is 0 Å². The van der Waals surface area contributed by atoms with E-state index in [4.69, 9.17) is 0 Å². The van der Waals surface area contributed by atoms with E-state index in [0.29, 0.717) is 36.5 Å². The molecule has 4 heteroatoms. The van der Waals surface area contributed by atoms with Crippen LogP contribution in [-0.4, -0.2) is 33.0 Å². The lowest BCUT2D eigenvalue weighted by Crippen LogP contribution is -2.62. The molecule has 0 unspecified atom stereocenters. The maximum atomic E-state index is 12.6. The fraction of sp³-hybridized carbons (Fsp3) is 0.893. The second kappa shape index (κ2) is 7.07. The summed E-state index contributed by atoms with van der Waals surface area (Å²) < 4.78 is 0. The van der Waals surface area contributed by atoms with Gasteiger partial charge in [0.05, 0.1) is 17.1 Å². The predicted octanol–water partition coefficient (Wildman–Crippen LogP) is 5.42. The third-order valence-electron chi connectivity index (χ3n) is 12.0. The van der Waals surface area contributed by atoms with Crippen LogP contribution in [0.3, 0.4) is 0 Å². The lowest BCUT2D eigenvalue weighted by molar-refractivity contribution is -0.187. The summed E-state index contributed by atoms with van der Waals surface area (Å²) in [5.41, 5.74) is -0.296. The lowest BCUT2D eigenvalue weighted by Gasteiger charge is -2.65. The Morgan fingerprint density at radius 1 is 1.00 bits per heavy atom. The molecule has 10 atom stereocenters. The first-order chi connectivity index (χ1) is 14.9. The van der Waals surface area contributed by atoms with Gasteiger partial charge in [0.15, 0.2) is 0 Å². The first-order valence-electron chi connectivity index (χ1n) is 13.2. The highest BCUT2D eigenvalue weighted by molar-refractivity contribution is 5.77. The minimum Gasteiger partial charge on any atom is -0.481 e. The molecule has 0 bridgehead atoms. The molecule has 0 aromatic heterocycles. The molecule has 0 aromatic carbocycles. The number of carboxylic acid groups (broad SMARTS) is 1. The minimum atomic E-state index is -0.966. The van der Waals surface area contributed by atoms with Crippen LogP contribution in [0, 0.1) is 51.8 Å². The van der Waals surface area contributed by atoms with Gasteiger partial charge >= 0.3 is 5.97 Å². The molecule has 0 aliphatic heterocycles. The smallest absolute Gasteiger partial charge is 0.310 e. The van der Waals surface area contributed by atoms with E-state index in [0.717, 1.165) is 38.5 Å². The molecule has 4 saturated carbocycles. The third kappa shape index (κ3) is 2.78. The first-order valence-corrected chi connectivity index (χ1v) is 13.2. The second-order valence-electron chi connectivity index (χ2n) is 13.4. The van der Waals surface area contributed by atoms with Crippen molar-refractivity contribution in [1.29, 1.82) is 0 Å². The van der Waals surface area contributed by atoms with Crippen LogP contribution in [-0.2, 0) is 4.79 Å². The lowest BCUT2D eigenvalue weighted by atomic mass is 9.40. The molecule has 0 saturated heterocycles. The highest BCUT2D eigenvalue weighted by atomic mass is 16.4. The van der Waals surface area contributed by atoms with Gasteiger partial charge in [0.1, 0.15) is 0 Å². The number of carboxylic acids is 1. The first kappa shape index (κ1) is 22.9. The topological polar surface area (TPSA) is 77.8 Å². The van der Waals surface area contributed by atoms with Gasteiger partial charge in [-0.05, 0) is 105 Å². The Bertz CT molecular complexity index is 827. The highest BCUT2D eigenvalue weighted by Gasteiger charge is 2.65. The summed E-state index contributed by atoms with van der Waals surface area (Å²) in [7, 11) is 0. The number of aliphatic hydroxyl groups is 2. The van der Waals surface area contributed by atoms with Crippen molar-refractivity contribution in [2.24, 2.45) is 51.8 Å². The van der Waals surface area contributed by atoms with Crippen LogP contribution in [0.5, 0.6) is 0 Å². The summed E-state index contributed by atoms with van der Waals surface area (Å²) in [5.74, 6) is 1.30. The van der Waals surface area contributed by atoms with Crippen LogP contribution in [0.2, 0.25) is 0 Å². The Kier molecular flexibility index (Phi) is 5.06. The second-order valence-corrected chi connectivity index (χ2v) is 13.4. The van der Waals surface area contributed by atoms with Crippen molar-refractivity contribution in [3.05, 3.63) is 11.6 Å². The number of fused-ring (bicyclic) bond motifs is 7. The summed E-state index contributed by atoms with van der Waals surface area (Å²) >= 11 is 0. The number of carbonyl (C=O) groups is 1. The number of hydrogen-bond acceptors (Lipinski definition) is 3. The van der Waals surface area contributed by atoms with E-state index in [9.17, 15) is 20.1 Å². The molecule has 5 aliphatic carbocycles. The quantitative estimate of drug-likeness (QED) is 0.472. The molecule has 0 spiro atoms. The van der Waals surface area contributed by atoms with Gasteiger partial charge in [-0.25, -0.2) is 0 Å². The molecule has 4 nitrogen and oxygen atoms in total. The molecule has 0 heterocycles. The van der Waals surface area contributed by atoms with Gasteiger partial charge in [0, 0.05) is 5.92 Å². The van der Waals surface area contributed by atoms with Gasteiger partial charge in [0.25, 0.3) is 0 Å². The maximum absolute atomic E-state index is 12.6. The Labute approximate surface area is 193 Å². The van der Waals surface area contributed by atoms with E-state index in [1.807, 2.05) is 6.92 Å². The average Bonchev–Trinajstić information content (AvgIpc) is 2.73. The van der Waals surface area contributed by atoms with E-state index in [2.05, 4.69) is 33.8 Å². The fourth-order valence-corrected chi connectivity index (χ4v) is 10.0. The van der Waals surface area contributed by atoms with Gasteiger partial charge in [-0.1, -0.05) is 39.3 Å². The molecule has 5 rings (SSSR count). The summed E-state index contributed by atoms with van der Waals surface area (Å²) in [5, 5.41) is 32.8. The average molecular weight is 445 g/mol. The van der Waals surface area contributed by atoms with Crippen LogP contribution in [0.4, 0.5) is 0 Å². The summed E-state index contributed by atoms with van der Waals surface area (Å²) in [6.45, 7) is 11.0. The van der Waals surface area contributed by atoms with Crippen LogP contribution in [0.15, 0.2) is 11.6 Å². The van der Waals surface area contributed by atoms with E-state index in [-0.39, 0.29) is 28.8 Å². The molecule has 0 aromatic rings. The molecular formula is C28H44O4. The number of allylic oxidation sites excluding steroid dienone is 1. The molecule has 4 fully saturated rings. The fourth-order valence-electron chi connectivity index (χ4n) is 10.0. The third-order valence-corrected chi connectivity index (χ3v) is 12.0.